The summed E-state index contributed by atoms with van der Waals surface area (Å²) in [4.78, 5) is 12.9. The molecule has 5 heteroatoms. The first-order valence-corrected chi connectivity index (χ1v) is 5.18. The largest absolute Gasteiger partial charge is 0.481 e. The molecular formula is C10H15N3O2. The number of hydrogen-bond acceptors (Lipinski definition) is 3. The molecule has 0 amide bonds. The van der Waals surface area contributed by atoms with E-state index < -0.39 is 5.97 Å². The van der Waals surface area contributed by atoms with E-state index in [1.807, 2.05) is 16.9 Å². The first kappa shape index (κ1) is 10.2. The number of carboxylic acids is 1. The van der Waals surface area contributed by atoms with Gasteiger partial charge in [-0.3, -0.25) is 9.48 Å². The van der Waals surface area contributed by atoms with Crippen LogP contribution < -0.4 is 0 Å². The van der Waals surface area contributed by atoms with Crippen molar-refractivity contribution in [3.8, 4) is 0 Å². The van der Waals surface area contributed by atoms with Crippen LogP contribution in [0.5, 0.6) is 0 Å². The van der Waals surface area contributed by atoms with Crippen LogP contribution in [0.4, 0.5) is 0 Å². The zero-order valence-electron chi connectivity index (χ0n) is 8.54. The van der Waals surface area contributed by atoms with Crippen LogP contribution in [-0.2, 0) is 11.3 Å². The molecular weight excluding hydrogens is 194 g/mol. The Morgan fingerprint density at radius 2 is 2.40 bits per heavy atom. The average molecular weight is 209 g/mol. The lowest BCUT2D eigenvalue weighted by molar-refractivity contribution is -0.141. The van der Waals surface area contributed by atoms with Crippen LogP contribution in [0.25, 0.3) is 0 Å². The molecule has 1 saturated heterocycles. The Bertz CT molecular complexity index is 323. The summed E-state index contributed by atoms with van der Waals surface area (Å²) in [5.41, 5.74) is 0. The number of aromatic nitrogens is 2. The van der Waals surface area contributed by atoms with E-state index in [0.29, 0.717) is 6.54 Å². The third-order valence-electron chi connectivity index (χ3n) is 2.83. The van der Waals surface area contributed by atoms with E-state index in [1.54, 1.807) is 6.20 Å². The second kappa shape index (κ2) is 4.44. The third-order valence-corrected chi connectivity index (χ3v) is 2.83. The maximum atomic E-state index is 10.7. The van der Waals surface area contributed by atoms with Crippen molar-refractivity contribution in [2.24, 2.45) is 5.92 Å². The van der Waals surface area contributed by atoms with Gasteiger partial charge in [-0.25, -0.2) is 0 Å². The molecule has 0 radical (unpaired) electrons. The predicted octanol–water partition coefficient (Wildman–Crippen LogP) is 0.290. The van der Waals surface area contributed by atoms with Crippen LogP contribution in [-0.4, -0.2) is 45.4 Å². The van der Waals surface area contributed by atoms with Crippen molar-refractivity contribution in [3.05, 3.63) is 18.5 Å². The molecule has 0 bridgehead atoms. The summed E-state index contributed by atoms with van der Waals surface area (Å²) in [7, 11) is 0. The van der Waals surface area contributed by atoms with E-state index in [9.17, 15) is 4.79 Å². The topological polar surface area (TPSA) is 58.4 Å². The fraction of sp³-hybridized carbons (Fsp3) is 0.600. The van der Waals surface area contributed by atoms with E-state index in [4.69, 9.17) is 5.11 Å². The van der Waals surface area contributed by atoms with E-state index in [2.05, 4.69) is 10.00 Å². The van der Waals surface area contributed by atoms with E-state index >= 15 is 0 Å². The summed E-state index contributed by atoms with van der Waals surface area (Å²) in [6, 6.07) is 1.89. The minimum absolute atomic E-state index is 0.178. The average Bonchev–Trinajstić information content (AvgIpc) is 2.86. The van der Waals surface area contributed by atoms with Gasteiger partial charge in [0.05, 0.1) is 12.5 Å². The van der Waals surface area contributed by atoms with Crippen molar-refractivity contribution in [1.29, 1.82) is 0 Å². The zero-order chi connectivity index (χ0) is 10.7. The van der Waals surface area contributed by atoms with Crippen molar-refractivity contribution in [2.45, 2.75) is 13.0 Å². The fourth-order valence-corrected chi connectivity index (χ4v) is 1.91. The number of nitrogens with zero attached hydrogens (tertiary/aromatic N) is 3. The number of likely N-dealkylation sites (tertiary alicyclic amines) is 1. The molecule has 0 aromatic carbocycles. The van der Waals surface area contributed by atoms with E-state index in [1.165, 1.54) is 0 Å². The molecule has 0 saturated carbocycles. The van der Waals surface area contributed by atoms with Crippen molar-refractivity contribution in [1.82, 2.24) is 14.7 Å². The van der Waals surface area contributed by atoms with Crippen LogP contribution in [0, 0.1) is 5.92 Å². The maximum Gasteiger partial charge on any atom is 0.307 e. The summed E-state index contributed by atoms with van der Waals surface area (Å²) >= 11 is 0. The van der Waals surface area contributed by atoms with Gasteiger partial charge in [0, 0.05) is 25.5 Å². The molecule has 1 fully saturated rings. The van der Waals surface area contributed by atoms with Crippen molar-refractivity contribution in [2.75, 3.05) is 19.6 Å². The predicted molar refractivity (Wildman–Crippen MR) is 54.4 cm³/mol. The summed E-state index contributed by atoms with van der Waals surface area (Å²) < 4.78 is 1.87. The Labute approximate surface area is 88.3 Å². The standard InChI is InChI=1S/C10H15N3O2/c14-10(15)9-2-5-12(8-9)6-7-13-4-1-3-11-13/h1,3-4,9H,2,5-8H2,(H,14,15). The van der Waals surface area contributed by atoms with Crippen molar-refractivity contribution < 1.29 is 9.90 Å². The Balaban J connectivity index is 1.75. The molecule has 1 atom stereocenters. The normalized spacial score (nSPS) is 22.0. The summed E-state index contributed by atoms with van der Waals surface area (Å²) in [5, 5.41) is 12.9. The molecule has 1 unspecified atom stereocenters. The van der Waals surface area contributed by atoms with Gasteiger partial charge >= 0.3 is 5.97 Å². The monoisotopic (exact) mass is 209 g/mol. The molecule has 5 nitrogen and oxygen atoms in total. The summed E-state index contributed by atoms with van der Waals surface area (Å²) in [5.74, 6) is -0.848. The second-order valence-electron chi connectivity index (χ2n) is 3.89. The van der Waals surface area contributed by atoms with Crippen LogP contribution in [0.3, 0.4) is 0 Å². The van der Waals surface area contributed by atoms with Gasteiger partial charge in [-0.15, -0.1) is 0 Å². The summed E-state index contributed by atoms with van der Waals surface area (Å²) in [6.45, 7) is 3.28. The molecule has 1 aliphatic heterocycles. The minimum atomic E-state index is -0.670. The molecule has 82 valence electrons. The van der Waals surface area contributed by atoms with Gasteiger partial charge in [-0.2, -0.15) is 5.10 Å². The molecule has 1 aromatic rings. The number of carboxylic acid groups (broad SMARTS) is 1. The molecule has 1 aromatic heterocycles. The maximum absolute atomic E-state index is 10.7. The van der Waals surface area contributed by atoms with E-state index in [0.717, 1.165) is 26.1 Å². The molecule has 1 aliphatic rings. The van der Waals surface area contributed by atoms with Crippen LogP contribution >= 0.6 is 0 Å². The van der Waals surface area contributed by atoms with Gasteiger partial charge in [0.15, 0.2) is 0 Å². The van der Waals surface area contributed by atoms with Gasteiger partial charge < -0.3 is 10.0 Å². The first-order valence-electron chi connectivity index (χ1n) is 5.18. The number of hydrogen-bond donors (Lipinski definition) is 1. The third kappa shape index (κ3) is 2.56. The molecule has 2 rings (SSSR count). The SMILES string of the molecule is O=C(O)C1CCN(CCn2cccn2)C1. The quantitative estimate of drug-likeness (QED) is 0.774. The highest BCUT2D eigenvalue weighted by Crippen LogP contribution is 2.15. The minimum Gasteiger partial charge on any atom is -0.481 e. The lowest BCUT2D eigenvalue weighted by atomic mass is 10.1. The lowest BCUT2D eigenvalue weighted by Crippen LogP contribution is -2.26. The molecule has 15 heavy (non-hydrogen) atoms. The molecule has 0 spiro atoms. The lowest BCUT2D eigenvalue weighted by Gasteiger charge is -2.14. The molecule has 1 N–H and O–H groups in total. The number of carbonyl (C=O) groups is 1. The number of aliphatic carboxylic acids is 1. The summed E-state index contributed by atoms with van der Waals surface area (Å²) in [6.07, 6.45) is 4.45. The smallest absolute Gasteiger partial charge is 0.307 e. The van der Waals surface area contributed by atoms with Crippen molar-refractivity contribution in [3.63, 3.8) is 0 Å². The van der Waals surface area contributed by atoms with Crippen LogP contribution in [0.1, 0.15) is 6.42 Å². The van der Waals surface area contributed by atoms with Gasteiger partial charge in [0.2, 0.25) is 0 Å². The Hall–Kier alpha value is -1.36. The Kier molecular flexibility index (Phi) is 3.01. The highest BCUT2D eigenvalue weighted by molar-refractivity contribution is 5.70. The van der Waals surface area contributed by atoms with Crippen molar-refractivity contribution >= 4 is 5.97 Å². The fourth-order valence-electron chi connectivity index (χ4n) is 1.91. The van der Waals surface area contributed by atoms with Gasteiger partial charge in [0.25, 0.3) is 0 Å². The van der Waals surface area contributed by atoms with Crippen LogP contribution in [0.15, 0.2) is 18.5 Å². The first-order chi connectivity index (χ1) is 7.25. The van der Waals surface area contributed by atoms with Gasteiger partial charge in [-0.05, 0) is 19.0 Å². The molecule has 0 aliphatic carbocycles. The highest BCUT2D eigenvalue weighted by atomic mass is 16.4. The zero-order valence-corrected chi connectivity index (χ0v) is 8.54. The van der Waals surface area contributed by atoms with Crippen LogP contribution in [0.2, 0.25) is 0 Å². The molecule has 2 heterocycles. The second-order valence-corrected chi connectivity index (χ2v) is 3.89. The highest BCUT2D eigenvalue weighted by Gasteiger charge is 2.27. The Morgan fingerprint density at radius 3 is 3.00 bits per heavy atom. The van der Waals surface area contributed by atoms with E-state index in [-0.39, 0.29) is 5.92 Å². The number of rotatable bonds is 4. The Morgan fingerprint density at radius 1 is 1.53 bits per heavy atom. The van der Waals surface area contributed by atoms with Gasteiger partial charge in [0.1, 0.15) is 0 Å². The van der Waals surface area contributed by atoms with Gasteiger partial charge in [-0.1, -0.05) is 0 Å².